The fourth-order valence-electron chi connectivity index (χ4n) is 4.83. The van der Waals surface area contributed by atoms with Crippen LogP contribution < -0.4 is 10.5 Å². The smallest absolute Gasteiger partial charge is 0.284 e. The Bertz CT molecular complexity index is 1680. The van der Waals surface area contributed by atoms with Crippen LogP contribution in [0.5, 0.6) is 0 Å². The molecule has 0 radical (unpaired) electrons. The van der Waals surface area contributed by atoms with Gasteiger partial charge in [0.2, 0.25) is 0 Å². The van der Waals surface area contributed by atoms with Gasteiger partial charge in [-0.25, -0.2) is 18.9 Å². The molecule has 1 aromatic carbocycles. The average molecular weight is 526 g/mol. The summed E-state index contributed by atoms with van der Waals surface area (Å²) in [4.78, 5) is 39.9. The SMILES string of the molecule is CC(=O)c1c[nH]c2ncnc(N3CCC[C@H]3c3nn4ccc(Cl)c4c(=O)n3-c3ccc(F)cc3)c12.S. The van der Waals surface area contributed by atoms with E-state index in [9.17, 15) is 14.0 Å². The third-order valence-corrected chi connectivity index (χ3v) is 6.70. The highest BCUT2D eigenvalue weighted by Crippen LogP contribution is 2.38. The number of nitrogens with one attached hydrogen (secondary N) is 1. The minimum atomic E-state index is -0.409. The fourth-order valence-corrected chi connectivity index (χ4v) is 5.06. The summed E-state index contributed by atoms with van der Waals surface area (Å²) in [5, 5.41) is 5.69. The van der Waals surface area contributed by atoms with Crippen LogP contribution >= 0.6 is 25.1 Å². The summed E-state index contributed by atoms with van der Waals surface area (Å²) >= 11 is 6.30. The molecule has 12 heteroatoms. The number of H-pyrrole nitrogens is 1. The first-order chi connectivity index (χ1) is 16.9. The Hall–Kier alpha value is -3.70. The molecule has 0 spiro atoms. The van der Waals surface area contributed by atoms with Gasteiger partial charge in [0, 0.05) is 24.5 Å². The Morgan fingerprint density at radius 2 is 1.97 bits per heavy atom. The van der Waals surface area contributed by atoms with Crippen LogP contribution in [-0.2, 0) is 0 Å². The number of fused-ring (bicyclic) bond motifs is 2. The lowest BCUT2D eigenvalue weighted by Gasteiger charge is -2.27. The van der Waals surface area contributed by atoms with Crippen molar-refractivity contribution in [3.05, 3.63) is 81.6 Å². The molecule has 4 aromatic heterocycles. The van der Waals surface area contributed by atoms with Crippen molar-refractivity contribution < 1.29 is 9.18 Å². The first-order valence-corrected chi connectivity index (χ1v) is 11.5. The van der Waals surface area contributed by atoms with Crippen LogP contribution in [0.4, 0.5) is 10.2 Å². The number of Topliss-reactive ketones (excluding diaryl/α,β-unsaturated/α-hetero) is 1. The number of nitrogens with zero attached hydrogens (tertiary/aromatic N) is 6. The maximum Gasteiger partial charge on any atom is 0.284 e. The van der Waals surface area contributed by atoms with Gasteiger partial charge in [-0.3, -0.25) is 14.2 Å². The van der Waals surface area contributed by atoms with Crippen LogP contribution in [0.1, 0.15) is 42.0 Å². The largest absolute Gasteiger partial charge is 0.346 e. The lowest BCUT2D eigenvalue weighted by Crippen LogP contribution is -2.33. The maximum absolute atomic E-state index is 13.7. The molecule has 1 saturated heterocycles. The monoisotopic (exact) mass is 525 g/mol. The van der Waals surface area contributed by atoms with Crippen molar-refractivity contribution in [2.24, 2.45) is 0 Å². The van der Waals surface area contributed by atoms with Gasteiger partial charge in [-0.2, -0.15) is 18.6 Å². The van der Waals surface area contributed by atoms with Crippen LogP contribution in [0.2, 0.25) is 5.02 Å². The van der Waals surface area contributed by atoms with E-state index in [1.54, 1.807) is 18.5 Å². The van der Waals surface area contributed by atoms with Crippen molar-refractivity contribution in [3.8, 4) is 5.69 Å². The molecule has 5 heterocycles. The van der Waals surface area contributed by atoms with Gasteiger partial charge in [0.1, 0.15) is 29.1 Å². The molecule has 0 unspecified atom stereocenters. The van der Waals surface area contributed by atoms with E-state index in [1.807, 2.05) is 4.90 Å². The molecule has 1 fully saturated rings. The van der Waals surface area contributed by atoms with Gasteiger partial charge in [-0.1, -0.05) is 11.6 Å². The van der Waals surface area contributed by atoms with Crippen molar-refractivity contribution in [3.63, 3.8) is 0 Å². The molecule has 36 heavy (non-hydrogen) atoms. The number of ketones is 1. The lowest BCUT2D eigenvalue weighted by molar-refractivity contribution is 0.101. The number of anilines is 1. The quantitative estimate of drug-likeness (QED) is 0.353. The van der Waals surface area contributed by atoms with Crippen molar-refractivity contribution in [2.75, 3.05) is 11.4 Å². The molecule has 184 valence electrons. The van der Waals surface area contributed by atoms with Crippen LogP contribution in [0.3, 0.4) is 0 Å². The third kappa shape index (κ3) is 3.66. The zero-order chi connectivity index (χ0) is 24.3. The molecule has 0 bridgehead atoms. The molecular weight excluding hydrogens is 505 g/mol. The summed E-state index contributed by atoms with van der Waals surface area (Å²) < 4.78 is 16.6. The number of halogens is 2. The number of aromatic amines is 1. The van der Waals surface area contributed by atoms with Gasteiger partial charge in [0.25, 0.3) is 5.56 Å². The van der Waals surface area contributed by atoms with Gasteiger partial charge < -0.3 is 9.88 Å². The number of benzene rings is 1. The van der Waals surface area contributed by atoms with E-state index in [-0.39, 0.29) is 41.4 Å². The van der Waals surface area contributed by atoms with E-state index >= 15 is 0 Å². The normalized spacial score (nSPS) is 15.5. The third-order valence-electron chi connectivity index (χ3n) is 6.40. The molecule has 1 atom stereocenters. The molecule has 6 rings (SSSR count). The van der Waals surface area contributed by atoms with Crippen LogP contribution in [0, 0.1) is 5.82 Å². The van der Waals surface area contributed by atoms with E-state index in [4.69, 9.17) is 16.7 Å². The summed E-state index contributed by atoms with van der Waals surface area (Å²) in [6.45, 7) is 2.14. The van der Waals surface area contributed by atoms with Crippen molar-refractivity contribution >= 4 is 53.2 Å². The predicted molar refractivity (Wildman–Crippen MR) is 139 cm³/mol. The first kappa shape index (κ1) is 24.0. The van der Waals surface area contributed by atoms with Crippen LogP contribution in [0.25, 0.3) is 22.2 Å². The summed E-state index contributed by atoms with van der Waals surface area (Å²) in [6, 6.07) is 6.95. The van der Waals surface area contributed by atoms with Crippen LogP contribution in [0.15, 0.2) is 53.8 Å². The standard InChI is InChI=1S/C24H19ClFN7O2.H2S/c1-13(34)16-11-27-21-19(16)23(29-12-28-21)31-9-2-3-18(31)22-30-32-10-8-17(25)20(32)24(35)33(22)15-6-4-14(26)5-7-15;/h4-8,10-12,18H,2-3,9H2,1H3,(H,27,28,29);1H2/t18-;/m0./s1. The van der Waals surface area contributed by atoms with Gasteiger partial charge in [-0.15, -0.1) is 0 Å². The fraction of sp³-hybridized carbons (Fsp3) is 0.208. The highest BCUT2D eigenvalue weighted by molar-refractivity contribution is 7.59. The van der Waals surface area contributed by atoms with Gasteiger partial charge in [-0.05, 0) is 50.1 Å². The summed E-state index contributed by atoms with van der Waals surface area (Å²) in [5.41, 5.74) is 1.41. The van der Waals surface area contributed by atoms with E-state index in [1.165, 1.54) is 46.6 Å². The number of carbonyl (C=O) groups is 1. The van der Waals surface area contributed by atoms with Crippen molar-refractivity contribution in [1.82, 2.24) is 29.1 Å². The van der Waals surface area contributed by atoms with E-state index in [2.05, 4.69) is 15.0 Å². The Kier molecular flexibility index (Phi) is 6.05. The Balaban J connectivity index is 0.00000267. The molecule has 1 aliphatic rings. The molecule has 1 N–H and O–H groups in total. The Morgan fingerprint density at radius 1 is 1.19 bits per heavy atom. The summed E-state index contributed by atoms with van der Waals surface area (Å²) in [7, 11) is 0. The molecule has 0 saturated carbocycles. The Morgan fingerprint density at radius 3 is 2.72 bits per heavy atom. The number of rotatable bonds is 4. The number of hydrogen-bond donors (Lipinski definition) is 1. The lowest BCUT2D eigenvalue weighted by atomic mass is 10.1. The second-order valence-electron chi connectivity index (χ2n) is 8.46. The minimum Gasteiger partial charge on any atom is -0.346 e. The van der Waals surface area contributed by atoms with Crippen molar-refractivity contribution in [1.29, 1.82) is 0 Å². The molecule has 0 amide bonds. The molecule has 0 aliphatic carbocycles. The summed E-state index contributed by atoms with van der Waals surface area (Å²) in [5.74, 6) is 0.543. The van der Waals surface area contributed by atoms with E-state index in [0.29, 0.717) is 46.9 Å². The number of aromatic nitrogens is 6. The molecular formula is C24H21ClFN7O2S. The van der Waals surface area contributed by atoms with E-state index in [0.717, 1.165) is 6.42 Å². The first-order valence-electron chi connectivity index (χ1n) is 11.1. The number of hydrogen-bond acceptors (Lipinski definition) is 6. The second-order valence-corrected chi connectivity index (χ2v) is 8.87. The highest BCUT2D eigenvalue weighted by atomic mass is 35.5. The Labute approximate surface area is 216 Å². The second kappa shape index (κ2) is 9.07. The van der Waals surface area contributed by atoms with E-state index < -0.39 is 5.82 Å². The number of carbonyl (C=O) groups excluding carboxylic acids is 1. The average Bonchev–Trinajstić information content (AvgIpc) is 3.58. The predicted octanol–water partition coefficient (Wildman–Crippen LogP) is 4.21. The zero-order valence-electron chi connectivity index (χ0n) is 19.1. The van der Waals surface area contributed by atoms with Gasteiger partial charge >= 0.3 is 0 Å². The molecule has 5 aromatic rings. The maximum atomic E-state index is 13.7. The van der Waals surface area contributed by atoms with Gasteiger partial charge in [0.05, 0.1) is 22.1 Å². The van der Waals surface area contributed by atoms with Crippen LogP contribution in [-0.4, -0.2) is 41.5 Å². The summed E-state index contributed by atoms with van der Waals surface area (Å²) in [6.07, 6.45) is 6.23. The van der Waals surface area contributed by atoms with Gasteiger partial charge in [0.15, 0.2) is 11.6 Å². The zero-order valence-corrected chi connectivity index (χ0v) is 20.8. The molecule has 1 aliphatic heterocycles. The topological polar surface area (TPSA) is 101 Å². The minimum absolute atomic E-state index is 0. The van der Waals surface area contributed by atoms with Crippen molar-refractivity contribution in [2.45, 2.75) is 25.8 Å². The molecule has 9 nitrogen and oxygen atoms in total. The highest BCUT2D eigenvalue weighted by Gasteiger charge is 2.34.